The Labute approximate surface area is 93.9 Å². The molecule has 1 aromatic rings. The van der Waals surface area contributed by atoms with Crippen LogP contribution in [0, 0.1) is 5.82 Å². The molecule has 0 unspecified atom stereocenters. The average Bonchev–Trinajstić information content (AvgIpc) is 2.30. The molecule has 0 radical (unpaired) electrons. The summed E-state index contributed by atoms with van der Waals surface area (Å²) < 4.78 is 12.9. The zero-order valence-corrected chi connectivity index (χ0v) is 9.37. The van der Waals surface area contributed by atoms with Crippen LogP contribution in [0.1, 0.15) is 34.6 Å². The van der Waals surface area contributed by atoms with Crippen LogP contribution in [0.2, 0.25) is 0 Å². The summed E-state index contributed by atoms with van der Waals surface area (Å²) in [6.07, 6.45) is 0.500. The molecule has 16 heavy (non-hydrogen) atoms. The molecule has 0 atom stereocenters. The fraction of sp³-hybridized carbons (Fsp3) is 0.333. The minimum Gasteiger partial charge on any atom is -0.339 e. The largest absolute Gasteiger partial charge is 0.339 e. The molecule has 3 nitrogen and oxygen atoms in total. The molecule has 4 heteroatoms. The normalized spacial score (nSPS) is 9.94. The highest BCUT2D eigenvalue weighted by Gasteiger charge is 2.16. The lowest BCUT2D eigenvalue weighted by Crippen LogP contribution is -2.31. The second kappa shape index (κ2) is 5.39. The lowest BCUT2D eigenvalue weighted by molar-refractivity contribution is 0.0770. The summed E-state index contributed by atoms with van der Waals surface area (Å²) in [4.78, 5) is 24.3. The SMILES string of the molecule is CCN(CC)C(=O)c1ccc(F)cc1C=O. The summed E-state index contributed by atoms with van der Waals surface area (Å²) in [5.74, 6) is -0.759. The molecule has 0 fully saturated rings. The van der Waals surface area contributed by atoms with E-state index in [1.165, 1.54) is 12.1 Å². The molecule has 0 bridgehead atoms. The van der Waals surface area contributed by atoms with Crippen molar-refractivity contribution in [1.29, 1.82) is 0 Å². The Morgan fingerprint density at radius 3 is 2.50 bits per heavy atom. The van der Waals surface area contributed by atoms with Gasteiger partial charge in [-0.3, -0.25) is 9.59 Å². The molecular weight excluding hydrogens is 209 g/mol. The number of rotatable bonds is 4. The minimum atomic E-state index is -0.516. The van der Waals surface area contributed by atoms with Crippen molar-refractivity contribution in [2.75, 3.05) is 13.1 Å². The highest BCUT2D eigenvalue weighted by atomic mass is 19.1. The zero-order valence-electron chi connectivity index (χ0n) is 9.37. The van der Waals surface area contributed by atoms with E-state index >= 15 is 0 Å². The first-order chi connectivity index (χ1) is 7.63. The molecular formula is C12H14FNO2. The standard InChI is InChI=1S/C12H14FNO2/c1-3-14(4-2)12(16)11-6-5-10(13)7-9(11)8-15/h5-8H,3-4H2,1-2H3. The van der Waals surface area contributed by atoms with E-state index in [0.717, 1.165) is 6.07 Å². The van der Waals surface area contributed by atoms with Gasteiger partial charge in [0.25, 0.3) is 5.91 Å². The minimum absolute atomic E-state index is 0.0944. The van der Waals surface area contributed by atoms with Crippen molar-refractivity contribution in [3.63, 3.8) is 0 Å². The molecule has 0 heterocycles. The molecule has 0 N–H and O–H groups in total. The van der Waals surface area contributed by atoms with Crippen LogP contribution in [-0.4, -0.2) is 30.2 Å². The van der Waals surface area contributed by atoms with Gasteiger partial charge in [0.15, 0.2) is 6.29 Å². The van der Waals surface area contributed by atoms with E-state index in [0.29, 0.717) is 19.4 Å². The summed E-state index contributed by atoms with van der Waals surface area (Å²) >= 11 is 0. The summed E-state index contributed by atoms with van der Waals surface area (Å²) in [5, 5.41) is 0. The van der Waals surface area contributed by atoms with E-state index in [1.54, 1.807) is 4.90 Å². The Morgan fingerprint density at radius 1 is 1.38 bits per heavy atom. The van der Waals surface area contributed by atoms with Crippen molar-refractivity contribution in [2.45, 2.75) is 13.8 Å². The second-order valence-electron chi connectivity index (χ2n) is 3.33. The van der Waals surface area contributed by atoms with Crippen LogP contribution in [0.15, 0.2) is 18.2 Å². The van der Waals surface area contributed by atoms with Crippen molar-refractivity contribution < 1.29 is 14.0 Å². The number of aldehydes is 1. The number of hydrogen-bond donors (Lipinski definition) is 0. The van der Waals surface area contributed by atoms with Gasteiger partial charge in [-0.15, -0.1) is 0 Å². The number of amides is 1. The van der Waals surface area contributed by atoms with Gasteiger partial charge in [-0.05, 0) is 32.0 Å². The third-order valence-corrected chi connectivity index (χ3v) is 2.42. The van der Waals surface area contributed by atoms with Crippen LogP contribution in [0.3, 0.4) is 0 Å². The van der Waals surface area contributed by atoms with E-state index in [-0.39, 0.29) is 17.0 Å². The molecule has 0 saturated carbocycles. The predicted molar refractivity (Wildman–Crippen MR) is 59.0 cm³/mol. The molecule has 0 aliphatic rings. The summed E-state index contributed by atoms with van der Waals surface area (Å²) in [7, 11) is 0. The third kappa shape index (κ3) is 2.45. The lowest BCUT2D eigenvalue weighted by atomic mass is 10.1. The van der Waals surface area contributed by atoms with E-state index in [2.05, 4.69) is 0 Å². The average molecular weight is 223 g/mol. The van der Waals surface area contributed by atoms with Crippen LogP contribution in [0.5, 0.6) is 0 Å². The van der Waals surface area contributed by atoms with Crippen molar-refractivity contribution in [2.24, 2.45) is 0 Å². The second-order valence-corrected chi connectivity index (χ2v) is 3.33. The Balaban J connectivity index is 3.12. The maximum absolute atomic E-state index is 12.9. The van der Waals surface area contributed by atoms with Gasteiger partial charge >= 0.3 is 0 Å². The highest BCUT2D eigenvalue weighted by molar-refractivity contribution is 6.01. The van der Waals surface area contributed by atoms with Crippen molar-refractivity contribution in [3.8, 4) is 0 Å². The smallest absolute Gasteiger partial charge is 0.254 e. The first kappa shape index (κ1) is 12.4. The number of benzene rings is 1. The molecule has 1 amide bonds. The van der Waals surface area contributed by atoms with Crippen molar-refractivity contribution in [1.82, 2.24) is 4.90 Å². The number of halogens is 1. The maximum atomic E-state index is 12.9. The number of hydrogen-bond acceptors (Lipinski definition) is 2. The Morgan fingerprint density at radius 2 is 2.00 bits per heavy atom. The van der Waals surface area contributed by atoms with Crippen LogP contribution < -0.4 is 0 Å². The van der Waals surface area contributed by atoms with E-state index in [4.69, 9.17) is 0 Å². The van der Waals surface area contributed by atoms with Gasteiger partial charge in [0, 0.05) is 18.7 Å². The number of nitrogens with zero attached hydrogens (tertiary/aromatic N) is 1. The van der Waals surface area contributed by atoms with Crippen LogP contribution in [0.25, 0.3) is 0 Å². The van der Waals surface area contributed by atoms with Crippen molar-refractivity contribution >= 4 is 12.2 Å². The quantitative estimate of drug-likeness (QED) is 0.733. The molecule has 86 valence electrons. The monoisotopic (exact) mass is 223 g/mol. The molecule has 1 rings (SSSR count). The number of carbonyl (C=O) groups is 2. The molecule has 0 aliphatic carbocycles. The maximum Gasteiger partial charge on any atom is 0.254 e. The van der Waals surface area contributed by atoms with E-state index in [1.807, 2.05) is 13.8 Å². The van der Waals surface area contributed by atoms with Crippen molar-refractivity contribution in [3.05, 3.63) is 35.1 Å². The molecule has 0 aromatic heterocycles. The molecule has 1 aromatic carbocycles. The van der Waals surface area contributed by atoms with E-state index in [9.17, 15) is 14.0 Å². The Bertz CT molecular complexity index is 400. The van der Waals surface area contributed by atoms with Gasteiger partial charge in [0.1, 0.15) is 5.82 Å². The van der Waals surface area contributed by atoms with Gasteiger partial charge in [-0.1, -0.05) is 0 Å². The summed E-state index contributed by atoms with van der Waals surface area (Å²) in [6.45, 7) is 4.83. The third-order valence-electron chi connectivity index (χ3n) is 2.42. The van der Waals surface area contributed by atoms with E-state index < -0.39 is 5.82 Å². The van der Waals surface area contributed by atoms with Gasteiger partial charge in [0.2, 0.25) is 0 Å². The molecule has 0 spiro atoms. The topological polar surface area (TPSA) is 37.4 Å². The van der Waals surface area contributed by atoms with Crippen LogP contribution >= 0.6 is 0 Å². The summed E-state index contributed by atoms with van der Waals surface area (Å²) in [5.41, 5.74) is 0.344. The Kier molecular flexibility index (Phi) is 4.17. The van der Waals surface area contributed by atoms with Gasteiger partial charge in [0.05, 0.1) is 5.56 Å². The Hall–Kier alpha value is -1.71. The fourth-order valence-electron chi connectivity index (χ4n) is 1.51. The van der Waals surface area contributed by atoms with Crippen LogP contribution in [0.4, 0.5) is 4.39 Å². The van der Waals surface area contributed by atoms with Crippen LogP contribution in [-0.2, 0) is 0 Å². The number of carbonyl (C=O) groups excluding carboxylic acids is 2. The summed E-state index contributed by atoms with van der Waals surface area (Å²) in [6, 6.07) is 3.60. The molecule has 0 aliphatic heterocycles. The lowest BCUT2D eigenvalue weighted by Gasteiger charge is -2.19. The van der Waals surface area contributed by atoms with Gasteiger partial charge in [-0.2, -0.15) is 0 Å². The predicted octanol–water partition coefficient (Wildman–Crippen LogP) is 2.12. The highest BCUT2D eigenvalue weighted by Crippen LogP contribution is 2.12. The fourth-order valence-corrected chi connectivity index (χ4v) is 1.51. The zero-order chi connectivity index (χ0) is 12.1. The van der Waals surface area contributed by atoms with Gasteiger partial charge in [-0.25, -0.2) is 4.39 Å². The molecule has 0 saturated heterocycles. The van der Waals surface area contributed by atoms with Gasteiger partial charge < -0.3 is 4.90 Å². The first-order valence-electron chi connectivity index (χ1n) is 5.18. The first-order valence-corrected chi connectivity index (χ1v) is 5.18.